The van der Waals surface area contributed by atoms with E-state index in [4.69, 9.17) is 28.9 Å². The highest BCUT2D eigenvalue weighted by atomic mass is 35.5. The number of anilines is 1. The van der Waals surface area contributed by atoms with Gasteiger partial charge in [0.15, 0.2) is 5.13 Å². The molecule has 0 saturated carbocycles. The predicted octanol–water partition coefficient (Wildman–Crippen LogP) is 4.23. The number of hydrogen-bond donors (Lipinski definition) is 2. The summed E-state index contributed by atoms with van der Waals surface area (Å²) < 4.78 is 4.63. The van der Waals surface area contributed by atoms with Gasteiger partial charge in [-0.05, 0) is 24.5 Å². The van der Waals surface area contributed by atoms with Gasteiger partial charge in [-0.1, -0.05) is 43.1 Å². The largest absolute Gasteiger partial charge is 0.468 e. The second-order valence-corrected chi connectivity index (χ2v) is 7.93. The number of carbonyl (C=O) groups is 1. The van der Waals surface area contributed by atoms with Crippen LogP contribution in [0.3, 0.4) is 0 Å². The van der Waals surface area contributed by atoms with E-state index >= 15 is 0 Å². The molecule has 8 heteroatoms. The molecule has 1 unspecified atom stereocenters. The number of benzene rings is 1. The van der Waals surface area contributed by atoms with Gasteiger partial charge in [0.2, 0.25) is 0 Å². The van der Waals surface area contributed by atoms with E-state index in [0.29, 0.717) is 21.1 Å². The van der Waals surface area contributed by atoms with E-state index in [-0.39, 0.29) is 6.54 Å². The smallest absolute Gasteiger partial charge is 0.324 e. The zero-order valence-corrected chi connectivity index (χ0v) is 16.6. The number of halogens is 2. The van der Waals surface area contributed by atoms with Crippen LogP contribution in [0, 0.1) is 5.92 Å². The molecule has 0 fully saturated rings. The van der Waals surface area contributed by atoms with Crippen LogP contribution in [0.15, 0.2) is 18.2 Å². The van der Waals surface area contributed by atoms with Gasteiger partial charge in [0.1, 0.15) is 6.04 Å². The number of carbonyl (C=O) groups excluding carboxylic acids is 1. The monoisotopic (exact) mass is 401 g/mol. The van der Waals surface area contributed by atoms with E-state index in [1.807, 2.05) is 12.1 Å². The van der Waals surface area contributed by atoms with Crippen LogP contribution in [0.2, 0.25) is 10.0 Å². The maximum absolute atomic E-state index is 11.4. The molecule has 0 aliphatic heterocycles. The lowest BCUT2D eigenvalue weighted by molar-refractivity contribution is -0.141. The molecule has 2 aromatic rings. The van der Waals surface area contributed by atoms with Crippen molar-refractivity contribution in [1.29, 1.82) is 0 Å². The van der Waals surface area contributed by atoms with Gasteiger partial charge in [0.25, 0.3) is 0 Å². The van der Waals surface area contributed by atoms with Crippen LogP contribution in [0.4, 0.5) is 5.13 Å². The van der Waals surface area contributed by atoms with Gasteiger partial charge in [-0.25, -0.2) is 4.98 Å². The highest BCUT2D eigenvalue weighted by molar-refractivity contribution is 7.16. The molecule has 0 radical (unpaired) electrons. The Bertz CT molecular complexity index is 749. The molecule has 1 aromatic heterocycles. The number of rotatable bonds is 7. The number of nitrogens with one attached hydrogen (secondary N) is 1. The third-order valence-corrected chi connectivity index (χ3v) is 5.24. The summed E-state index contributed by atoms with van der Waals surface area (Å²) in [5.41, 5.74) is 7.53. The molecular weight excluding hydrogens is 381 g/mol. The van der Waals surface area contributed by atoms with Crippen molar-refractivity contribution >= 4 is 45.6 Å². The van der Waals surface area contributed by atoms with Crippen molar-refractivity contribution < 1.29 is 9.53 Å². The van der Waals surface area contributed by atoms with Crippen LogP contribution in [0.1, 0.15) is 18.7 Å². The summed E-state index contributed by atoms with van der Waals surface area (Å²) in [5, 5.41) is 4.82. The lowest BCUT2D eigenvalue weighted by atomic mass is 10.0. The molecule has 136 valence electrons. The van der Waals surface area contributed by atoms with E-state index in [1.165, 1.54) is 7.11 Å². The number of ether oxygens (including phenoxy) is 1. The first kappa shape index (κ1) is 20.0. The van der Waals surface area contributed by atoms with Crippen molar-refractivity contribution in [2.24, 2.45) is 11.7 Å². The lowest BCUT2D eigenvalue weighted by Crippen LogP contribution is -2.38. The average Bonchev–Trinajstić information content (AvgIpc) is 2.96. The summed E-state index contributed by atoms with van der Waals surface area (Å²) in [6, 6.07) is 4.73. The Balaban J connectivity index is 2.27. The number of nitrogens with zero attached hydrogens (tertiary/aromatic N) is 1. The number of nitrogens with two attached hydrogens (primary N) is 1. The van der Waals surface area contributed by atoms with Gasteiger partial charge < -0.3 is 15.8 Å². The summed E-state index contributed by atoms with van der Waals surface area (Å²) in [6.07, 6.45) is 0.887. The fourth-order valence-electron chi connectivity index (χ4n) is 2.24. The Morgan fingerprint density at radius 2 is 2.08 bits per heavy atom. The van der Waals surface area contributed by atoms with Crippen molar-refractivity contribution in [2.75, 3.05) is 19.0 Å². The molecule has 1 aromatic carbocycles. The van der Waals surface area contributed by atoms with Crippen LogP contribution in [0.5, 0.6) is 0 Å². The summed E-state index contributed by atoms with van der Waals surface area (Å²) >= 11 is 13.7. The van der Waals surface area contributed by atoms with Crippen LogP contribution >= 0.6 is 34.5 Å². The third-order valence-electron chi connectivity index (χ3n) is 3.46. The molecule has 5 nitrogen and oxygen atoms in total. The van der Waals surface area contributed by atoms with Crippen molar-refractivity contribution in [3.8, 4) is 11.3 Å². The molecule has 0 spiro atoms. The average molecular weight is 402 g/mol. The lowest BCUT2D eigenvalue weighted by Gasteiger charge is -2.09. The molecule has 0 aliphatic rings. The molecular formula is C17H21Cl2N3O2S. The first-order valence-corrected chi connectivity index (χ1v) is 9.41. The standard InChI is InChI=1S/C17H21Cl2N3O2S/c1-9(2)6-14-15(10-4-5-11(18)12(19)7-10)22-17(25-14)21-8-13(20)16(23)24-3/h4-5,7,9,13H,6,8,20H2,1-3H3,(H,21,22). The van der Waals surface area contributed by atoms with E-state index < -0.39 is 12.0 Å². The van der Waals surface area contributed by atoms with Gasteiger partial charge in [0, 0.05) is 17.0 Å². The first-order chi connectivity index (χ1) is 11.8. The Kier molecular flexibility index (Phi) is 7.07. The van der Waals surface area contributed by atoms with Gasteiger partial charge in [-0.3, -0.25) is 4.79 Å². The number of esters is 1. The summed E-state index contributed by atoms with van der Waals surface area (Å²) in [5.74, 6) is 0.0170. The highest BCUT2D eigenvalue weighted by Gasteiger charge is 2.18. The van der Waals surface area contributed by atoms with Gasteiger partial charge in [-0.2, -0.15) is 0 Å². The number of methoxy groups -OCH3 is 1. The molecule has 0 amide bonds. The fraction of sp³-hybridized carbons (Fsp3) is 0.412. The minimum atomic E-state index is -0.740. The molecule has 1 atom stereocenters. The minimum absolute atomic E-state index is 0.252. The molecule has 0 bridgehead atoms. The summed E-state index contributed by atoms with van der Waals surface area (Å²) in [7, 11) is 1.31. The predicted molar refractivity (Wildman–Crippen MR) is 105 cm³/mol. The Hall–Kier alpha value is -1.34. The molecule has 25 heavy (non-hydrogen) atoms. The molecule has 0 aliphatic carbocycles. The maximum atomic E-state index is 11.4. The second-order valence-electron chi connectivity index (χ2n) is 6.03. The van der Waals surface area contributed by atoms with Crippen molar-refractivity contribution in [3.63, 3.8) is 0 Å². The Labute approximate surface area is 161 Å². The minimum Gasteiger partial charge on any atom is -0.468 e. The highest BCUT2D eigenvalue weighted by Crippen LogP contribution is 2.35. The topological polar surface area (TPSA) is 77.2 Å². The third kappa shape index (κ3) is 5.31. The molecule has 2 rings (SSSR count). The van der Waals surface area contributed by atoms with Crippen molar-refractivity contribution in [1.82, 2.24) is 4.98 Å². The quantitative estimate of drug-likeness (QED) is 0.678. The SMILES string of the molecule is COC(=O)C(N)CNc1nc(-c2ccc(Cl)c(Cl)c2)c(CC(C)C)s1. The van der Waals surface area contributed by atoms with Crippen molar-refractivity contribution in [2.45, 2.75) is 26.3 Å². The molecule has 1 heterocycles. The van der Waals surface area contributed by atoms with E-state index in [1.54, 1.807) is 17.4 Å². The van der Waals surface area contributed by atoms with Crippen LogP contribution in [0.25, 0.3) is 11.3 Å². The van der Waals surface area contributed by atoms with Gasteiger partial charge in [0.05, 0.1) is 22.8 Å². The summed E-state index contributed by atoms with van der Waals surface area (Å²) in [4.78, 5) is 17.2. The normalized spacial score (nSPS) is 12.3. The fourth-order valence-corrected chi connectivity index (χ4v) is 3.74. The molecule has 3 N–H and O–H groups in total. The van der Waals surface area contributed by atoms with Crippen LogP contribution < -0.4 is 11.1 Å². The van der Waals surface area contributed by atoms with E-state index in [2.05, 4.69) is 28.9 Å². The first-order valence-electron chi connectivity index (χ1n) is 7.84. The zero-order chi connectivity index (χ0) is 18.6. The van der Waals surface area contributed by atoms with Crippen LogP contribution in [-0.4, -0.2) is 30.6 Å². The van der Waals surface area contributed by atoms with Crippen molar-refractivity contribution in [3.05, 3.63) is 33.1 Å². The number of thiazole rings is 1. The van der Waals surface area contributed by atoms with Gasteiger partial charge >= 0.3 is 5.97 Å². The Morgan fingerprint density at radius 3 is 2.68 bits per heavy atom. The Morgan fingerprint density at radius 1 is 1.36 bits per heavy atom. The van der Waals surface area contributed by atoms with Crippen LogP contribution in [-0.2, 0) is 16.0 Å². The molecule has 0 saturated heterocycles. The number of aromatic nitrogens is 1. The number of hydrogen-bond acceptors (Lipinski definition) is 6. The van der Waals surface area contributed by atoms with E-state index in [9.17, 15) is 4.79 Å². The second kappa shape index (κ2) is 8.85. The zero-order valence-electron chi connectivity index (χ0n) is 14.3. The summed E-state index contributed by atoms with van der Waals surface area (Å²) in [6.45, 7) is 4.55. The maximum Gasteiger partial charge on any atom is 0.324 e. The van der Waals surface area contributed by atoms with E-state index in [0.717, 1.165) is 22.6 Å². The van der Waals surface area contributed by atoms with Gasteiger partial charge in [-0.15, -0.1) is 11.3 Å².